The van der Waals surface area contributed by atoms with Crippen LogP contribution in [-0.4, -0.2) is 76.2 Å². The van der Waals surface area contributed by atoms with Crippen molar-refractivity contribution in [2.45, 2.75) is 12.5 Å². The van der Waals surface area contributed by atoms with Crippen molar-refractivity contribution in [1.29, 1.82) is 0 Å². The number of fused-ring (bicyclic) bond motifs is 2. The second kappa shape index (κ2) is 9.43. The molecule has 2 aromatic carbocycles. The largest absolute Gasteiger partial charge is 0.497 e. The fourth-order valence-corrected chi connectivity index (χ4v) is 4.52. The monoisotopic (exact) mass is 449 g/mol. The zero-order valence-electron chi connectivity index (χ0n) is 18.7. The normalized spacial score (nSPS) is 16.5. The number of imidazole rings is 1. The van der Waals surface area contributed by atoms with Gasteiger partial charge in [-0.15, -0.1) is 0 Å². The van der Waals surface area contributed by atoms with Gasteiger partial charge >= 0.3 is 0 Å². The van der Waals surface area contributed by atoms with E-state index in [9.17, 15) is 9.50 Å². The number of rotatable bonds is 7. The lowest BCUT2D eigenvalue weighted by molar-refractivity contribution is 0.0734. The Hall–Kier alpha value is -3.07. The number of β-amino-alcohol motifs (C(OH)–C–C–N with tert-alkyl or cyclic N) is 1. The van der Waals surface area contributed by atoms with Crippen molar-refractivity contribution >= 4 is 21.9 Å². The predicted molar refractivity (Wildman–Crippen MR) is 126 cm³/mol. The maximum absolute atomic E-state index is 13.4. The minimum atomic E-state index is -0.592. The van der Waals surface area contributed by atoms with Crippen LogP contribution in [0.1, 0.15) is 17.5 Å². The fraction of sp³-hybridized carbons (Fsp3) is 0.360. The number of ether oxygens (including phenoxy) is 1. The molecule has 0 bridgehead atoms. The molecule has 2 aromatic heterocycles. The number of nitrogens with zero attached hydrogens (tertiary/aromatic N) is 4. The summed E-state index contributed by atoms with van der Waals surface area (Å²) in [7, 11) is 1.64. The van der Waals surface area contributed by atoms with Gasteiger partial charge in [0.2, 0.25) is 0 Å². The summed E-state index contributed by atoms with van der Waals surface area (Å²) in [6.45, 7) is 5.15. The molecule has 5 rings (SSSR count). The first kappa shape index (κ1) is 21.8. The minimum absolute atomic E-state index is 0.255. The number of pyridine rings is 1. The van der Waals surface area contributed by atoms with Gasteiger partial charge in [-0.2, -0.15) is 0 Å². The van der Waals surface area contributed by atoms with E-state index < -0.39 is 6.10 Å². The molecule has 3 heterocycles. The highest BCUT2D eigenvalue weighted by Crippen LogP contribution is 2.27. The number of methoxy groups -OCH3 is 1. The van der Waals surface area contributed by atoms with Crippen molar-refractivity contribution in [3.8, 4) is 5.75 Å². The quantitative estimate of drug-likeness (QED) is 0.451. The van der Waals surface area contributed by atoms with Gasteiger partial charge in [0.05, 0.1) is 29.8 Å². The SMILES string of the molecule is COc1ccc2nccc([C@@H](O)CN3CCN(CCc4nc5ccc(F)cc5[nH]4)CC3)c2c1. The van der Waals surface area contributed by atoms with E-state index in [4.69, 9.17) is 4.74 Å². The molecule has 0 unspecified atom stereocenters. The summed E-state index contributed by atoms with van der Waals surface area (Å²) in [6.07, 6.45) is 1.95. The Labute approximate surface area is 191 Å². The molecule has 0 amide bonds. The van der Waals surface area contributed by atoms with E-state index in [-0.39, 0.29) is 5.82 Å². The molecule has 0 aliphatic carbocycles. The summed E-state index contributed by atoms with van der Waals surface area (Å²) in [4.78, 5) is 16.9. The highest BCUT2D eigenvalue weighted by molar-refractivity contribution is 5.83. The first-order chi connectivity index (χ1) is 16.1. The van der Waals surface area contributed by atoms with Crippen LogP contribution in [0.25, 0.3) is 21.9 Å². The second-order valence-corrected chi connectivity index (χ2v) is 8.54. The number of nitrogens with one attached hydrogen (secondary N) is 1. The molecule has 1 aliphatic heterocycles. The number of aromatic amines is 1. The first-order valence-corrected chi connectivity index (χ1v) is 11.3. The average molecular weight is 450 g/mol. The molecule has 0 spiro atoms. The van der Waals surface area contributed by atoms with Gasteiger partial charge in [0.25, 0.3) is 0 Å². The molecule has 1 fully saturated rings. The van der Waals surface area contributed by atoms with Crippen LogP contribution in [0.5, 0.6) is 5.75 Å². The van der Waals surface area contributed by atoms with E-state index in [1.165, 1.54) is 12.1 Å². The van der Waals surface area contributed by atoms with E-state index in [2.05, 4.69) is 24.8 Å². The number of piperazine rings is 1. The standard InChI is InChI=1S/C25H28FN5O2/c1-33-18-3-5-21-20(15-18)19(6-8-27-21)24(32)16-31-12-10-30(11-13-31)9-7-25-28-22-4-2-17(26)14-23(22)29-25/h2-6,8,14-15,24,32H,7,9-13,16H2,1H3,(H,28,29)/t24-/m0/s1. The van der Waals surface area contributed by atoms with Gasteiger partial charge in [0.15, 0.2) is 0 Å². The van der Waals surface area contributed by atoms with Crippen molar-refractivity contribution in [3.05, 3.63) is 65.9 Å². The molecule has 0 saturated carbocycles. The third-order valence-electron chi connectivity index (χ3n) is 6.40. The molecule has 8 heteroatoms. The van der Waals surface area contributed by atoms with Crippen molar-refractivity contribution in [3.63, 3.8) is 0 Å². The highest BCUT2D eigenvalue weighted by Gasteiger charge is 2.21. The summed E-state index contributed by atoms with van der Waals surface area (Å²) >= 11 is 0. The zero-order chi connectivity index (χ0) is 22.8. The summed E-state index contributed by atoms with van der Waals surface area (Å²) in [5, 5.41) is 11.9. The lowest BCUT2D eigenvalue weighted by Crippen LogP contribution is -2.48. The zero-order valence-corrected chi connectivity index (χ0v) is 18.7. The number of halogens is 1. The van der Waals surface area contributed by atoms with E-state index in [1.54, 1.807) is 19.4 Å². The van der Waals surface area contributed by atoms with Gasteiger partial charge in [-0.3, -0.25) is 9.88 Å². The maximum atomic E-state index is 13.4. The van der Waals surface area contributed by atoms with Crippen LogP contribution in [-0.2, 0) is 6.42 Å². The van der Waals surface area contributed by atoms with Crippen molar-refractivity contribution < 1.29 is 14.2 Å². The second-order valence-electron chi connectivity index (χ2n) is 8.54. The lowest BCUT2D eigenvalue weighted by Gasteiger charge is -2.35. The molecule has 33 heavy (non-hydrogen) atoms. The molecule has 2 N–H and O–H groups in total. The van der Waals surface area contributed by atoms with Gasteiger partial charge < -0.3 is 19.7 Å². The fourth-order valence-electron chi connectivity index (χ4n) is 4.52. The van der Waals surface area contributed by atoms with E-state index in [1.807, 2.05) is 24.3 Å². The Kier molecular flexibility index (Phi) is 6.22. The molecular formula is C25H28FN5O2. The molecule has 0 radical (unpaired) electrons. The summed E-state index contributed by atoms with van der Waals surface area (Å²) in [5.74, 6) is 1.38. The van der Waals surface area contributed by atoms with Crippen molar-refractivity contribution in [2.75, 3.05) is 46.4 Å². The number of H-pyrrole nitrogens is 1. The molecule has 4 aromatic rings. The van der Waals surface area contributed by atoms with E-state index in [0.717, 1.165) is 78.2 Å². The minimum Gasteiger partial charge on any atom is -0.497 e. The third-order valence-corrected chi connectivity index (χ3v) is 6.40. The first-order valence-electron chi connectivity index (χ1n) is 11.3. The van der Waals surface area contributed by atoms with Crippen molar-refractivity contribution in [2.24, 2.45) is 0 Å². The predicted octanol–water partition coefficient (Wildman–Crippen LogP) is 3.15. The van der Waals surface area contributed by atoms with Gasteiger partial charge in [0, 0.05) is 57.3 Å². The van der Waals surface area contributed by atoms with Crippen LogP contribution in [0.2, 0.25) is 0 Å². The van der Waals surface area contributed by atoms with Crippen LogP contribution in [0.15, 0.2) is 48.7 Å². The van der Waals surface area contributed by atoms with Gasteiger partial charge in [-0.05, 0) is 48.0 Å². The number of hydrogen-bond donors (Lipinski definition) is 2. The number of benzene rings is 2. The average Bonchev–Trinajstić information content (AvgIpc) is 3.24. The molecule has 172 valence electrons. The highest BCUT2D eigenvalue weighted by atomic mass is 19.1. The van der Waals surface area contributed by atoms with E-state index in [0.29, 0.717) is 6.54 Å². The molecule has 1 saturated heterocycles. The van der Waals surface area contributed by atoms with Crippen LogP contribution in [0.3, 0.4) is 0 Å². The van der Waals surface area contributed by atoms with Gasteiger partial charge in [0.1, 0.15) is 17.4 Å². The topological polar surface area (TPSA) is 77.5 Å². The maximum Gasteiger partial charge on any atom is 0.125 e. The number of aromatic nitrogens is 3. The Morgan fingerprint density at radius 3 is 2.67 bits per heavy atom. The summed E-state index contributed by atoms with van der Waals surface area (Å²) < 4.78 is 18.7. The number of hydrogen-bond acceptors (Lipinski definition) is 6. The van der Waals surface area contributed by atoms with Gasteiger partial charge in [-0.25, -0.2) is 9.37 Å². The summed E-state index contributed by atoms with van der Waals surface area (Å²) in [6, 6.07) is 12.3. The van der Waals surface area contributed by atoms with Crippen LogP contribution in [0.4, 0.5) is 4.39 Å². The van der Waals surface area contributed by atoms with E-state index >= 15 is 0 Å². The third kappa shape index (κ3) is 4.83. The molecule has 1 atom stereocenters. The smallest absolute Gasteiger partial charge is 0.125 e. The Balaban J connectivity index is 1.15. The van der Waals surface area contributed by atoms with Crippen molar-refractivity contribution in [1.82, 2.24) is 24.8 Å². The Morgan fingerprint density at radius 2 is 1.85 bits per heavy atom. The number of aliphatic hydroxyl groups excluding tert-OH is 1. The molecule has 1 aliphatic rings. The lowest BCUT2D eigenvalue weighted by atomic mass is 10.0. The molecule has 7 nitrogen and oxygen atoms in total. The van der Waals surface area contributed by atoms with Gasteiger partial charge in [-0.1, -0.05) is 0 Å². The van der Waals surface area contributed by atoms with Crippen LogP contribution in [0, 0.1) is 5.82 Å². The Morgan fingerprint density at radius 1 is 1.06 bits per heavy atom. The Bertz CT molecular complexity index is 1250. The summed E-state index contributed by atoms with van der Waals surface area (Å²) in [5.41, 5.74) is 3.27. The molecular weight excluding hydrogens is 421 g/mol. The van der Waals surface area contributed by atoms with Crippen LogP contribution >= 0.6 is 0 Å². The number of aliphatic hydroxyl groups is 1. The van der Waals surface area contributed by atoms with Crippen LogP contribution < -0.4 is 4.74 Å².